The molecule has 6 heteroatoms. The van der Waals surface area contributed by atoms with Gasteiger partial charge in [-0.05, 0) is 18.2 Å². The molecule has 20 heavy (non-hydrogen) atoms. The highest BCUT2D eigenvalue weighted by Gasteiger charge is 2.15. The third-order valence-electron chi connectivity index (χ3n) is 2.05. The number of hydrogen-bond donors (Lipinski definition) is 0. The van der Waals surface area contributed by atoms with E-state index in [2.05, 4.69) is 22.6 Å². The summed E-state index contributed by atoms with van der Waals surface area (Å²) in [5, 5.41) is 0. The maximum absolute atomic E-state index is 11.5. The molecule has 1 rings (SSSR count). The summed E-state index contributed by atoms with van der Waals surface area (Å²) >= 11 is 0. The molecule has 102 valence electrons. The molecule has 0 N–H and O–H groups in total. The molecule has 1 aromatic rings. The molecule has 0 saturated heterocycles. The second kappa shape index (κ2) is 6.79. The van der Waals surface area contributed by atoms with Gasteiger partial charge in [-0.15, -0.1) is 0 Å². The standard InChI is InChI=1S/C14H10O6/c1-3-11(15)19-13(17)9-6-5-7-10(8-9)14(18)20-12(16)4-2/h3-8H,1-2H2. The van der Waals surface area contributed by atoms with Crippen LogP contribution in [-0.2, 0) is 19.1 Å². The molecule has 0 aliphatic carbocycles. The lowest BCUT2D eigenvalue weighted by molar-refractivity contribution is -0.133. The maximum Gasteiger partial charge on any atom is 0.346 e. The quantitative estimate of drug-likeness (QED) is 0.469. The highest BCUT2D eigenvalue weighted by atomic mass is 16.6. The van der Waals surface area contributed by atoms with Crippen molar-refractivity contribution in [1.29, 1.82) is 0 Å². The van der Waals surface area contributed by atoms with Gasteiger partial charge in [0.1, 0.15) is 0 Å². The molecular weight excluding hydrogens is 264 g/mol. The highest BCUT2D eigenvalue weighted by Crippen LogP contribution is 2.09. The summed E-state index contributed by atoms with van der Waals surface area (Å²) < 4.78 is 8.78. The van der Waals surface area contributed by atoms with Crippen LogP contribution in [0, 0.1) is 0 Å². The molecule has 0 radical (unpaired) electrons. The van der Waals surface area contributed by atoms with E-state index in [1.165, 1.54) is 18.2 Å². The van der Waals surface area contributed by atoms with E-state index >= 15 is 0 Å². The molecule has 0 spiro atoms. The summed E-state index contributed by atoms with van der Waals surface area (Å²) in [6.07, 6.45) is 1.66. The largest absolute Gasteiger partial charge is 0.386 e. The molecule has 6 nitrogen and oxygen atoms in total. The van der Waals surface area contributed by atoms with Gasteiger partial charge in [0.2, 0.25) is 0 Å². The Morgan fingerprint density at radius 3 is 1.60 bits per heavy atom. The summed E-state index contributed by atoms with van der Waals surface area (Å²) in [6, 6.07) is 5.19. The zero-order chi connectivity index (χ0) is 15.1. The summed E-state index contributed by atoms with van der Waals surface area (Å²) in [4.78, 5) is 44.9. The van der Waals surface area contributed by atoms with Gasteiger partial charge in [0, 0.05) is 12.2 Å². The fourth-order valence-electron chi connectivity index (χ4n) is 1.16. The highest BCUT2D eigenvalue weighted by molar-refractivity contribution is 6.03. The van der Waals surface area contributed by atoms with Crippen molar-refractivity contribution in [3.63, 3.8) is 0 Å². The fraction of sp³-hybridized carbons (Fsp3) is 0. The van der Waals surface area contributed by atoms with E-state index in [1.807, 2.05) is 0 Å². The van der Waals surface area contributed by atoms with Crippen molar-refractivity contribution in [2.45, 2.75) is 0 Å². The van der Waals surface area contributed by atoms with Crippen molar-refractivity contribution in [1.82, 2.24) is 0 Å². The number of esters is 4. The molecule has 0 saturated carbocycles. The average Bonchev–Trinajstić information content (AvgIpc) is 2.46. The normalized spacial score (nSPS) is 9.20. The van der Waals surface area contributed by atoms with Crippen molar-refractivity contribution in [3.8, 4) is 0 Å². The summed E-state index contributed by atoms with van der Waals surface area (Å²) in [5.41, 5.74) is -0.0820. The lowest BCUT2D eigenvalue weighted by Crippen LogP contribution is -2.13. The van der Waals surface area contributed by atoms with E-state index in [4.69, 9.17) is 0 Å². The fourth-order valence-corrected chi connectivity index (χ4v) is 1.16. The van der Waals surface area contributed by atoms with E-state index in [0.717, 1.165) is 18.2 Å². The number of hydrogen-bond acceptors (Lipinski definition) is 6. The van der Waals surface area contributed by atoms with Gasteiger partial charge in [0.05, 0.1) is 11.1 Å². The third-order valence-corrected chi connectivity index (χ3v) is 2.05. The first-order valence-corrected chi connectivity index (χ1v) is 5.35. The van der Waals surface area contributed by atoms with Gasteiger partial charge >= 0.3 is 23.9 Å². The molecule has 0 unspecified atom stereocenters. The topological polar surface area (TPSA) is 86.7 Å². The second-order valence-corrected chi connectivity index (χ2v) is 3.41. The van der Waals surface area contributed by atoms with Crippen LogP contribution < -0.4 is 0 Å². The third kappa shape index (κ3) is 4.02. The van der Waals surface area contributed by atoms with Gasteiger partial charge in [-0.25, -0.2) is 19.2 Å². The molecule has 0 fully saturated rings. The number of carbonyl (C=O) groups excluding carboxylic acids is 4. The molecule has 0 aliphatic heterocycles. The van der Waals surface area contributed by atoms with Crippen molar-refractivity contribution in [3.05, 3.63) is 60.7 Å². The Kier molecular flexibility index (Phi) is 5.11. The van der Waals surface area contributed by atoms with E-state index in [9.17, 15) is 19.2 Å². The number of ether oxygens (including phenoxy) is 2. The predicted octanol–water partition coefficient (Wildman–Crippen LogP) is 1.43. The van der Waals surface area contributed by atoms with Gasteiger partial charge in [0.25, 0.3) is 0 Å². The number of benzene rings is 1. The summed E-state index contributed by atoms with van der Waals surface area (Å²) in [5.74, 6) is -3.71. The molecule has 0 aliphatic rings. The van der Waals surface area contributed by atoms with Crippen LogP contribution in [0.1, 0.15) is 20.7 Å². The average molecular weight is 274 g/mol. The Morgan fingerprint density at radius 2 is 1.25 bits per heavy atom. The van der Waals surface area contributed by atoms with E-state index < -0.39 is 23.9 Å². The Labute approximate surface area is 114 Å². The van der Waals surface area contributed by atoms with Crippen LogP contribution in [0.2, 0.25) is 0 Å². The van der Waals surface area contributed by atoms with Gasteiger partial charge in [-0.2, -0.15) is 0 Å². The first-order chi connectivity index (χ1) is 9.47. The van der Waals surface area contributed by atoms with Crippen molar-refractivity contribution in [2.24, 2.45) is 0 Å². The SMILES string of the molecule is C=CC(=O)OC(=O)c1cccc(C(=O)OC(=O)C=C)c1. The minimum atomic E-state index is -0.945. The molecule has 0 bridgehead atoms. The molecule has 1 aromatic carbocycles. The Bertz CT molecular complexity index is 550. The monoisotopic (exact) mass is 274 g/mol. The minimum absolute atomic E-state index is 0.0410. The van der Waals surface area contributed by atoms with Crippen LogP contribution in [0.3, 0.4) is 0 Å². The lowest BCUT2D eigenvalue weighted by atomic mass is 10.1. The zero-order valence-electron chi connectivity index (χ0n) is 10.3. The van der Waals surface area contributed by atoms with Gasteiger partial charge in [-0.3, -0.25) is 0 Å². The van der Waals surface area contributed by atoms with Gasteiger partial charge in [-0.1, -0.05) is 19.2 Å². The maximum atomic E-state index is 11.5. The number of carbonyl (C=O) groups is 4. The van der Waals surface area contributed by atoms with Crippen LogP contribution in [0.5, 0.6) is 0 Å². The summed E-state index contributed by atoms with van der Waals surface area (Å²) in [7, 11) is 0. The van der Waals surface area contributed by atoms with Crippen LogP contribution in [-0.4, -0.2) is 23.9 Å². The molecule has 0 atom stereocenters. The van der Waals surface area contributed by atoms with E-state index in [-0.39, 0.29) is 11.1 Å². The van der Waals surface area contributed by atoms with Gasteiger partial charge in [0.15, 0.2) is 0 Å². The van der Waals surface area contributed by atoms with Crippen molar-refractivity contribution in [2.75, 3.05) is 0 Å². The molecular formula is C14H10O6. The van der Waals surface area contributed by atoms with Crippen molar-refractivity contribution < 1.29 is 28.7 Å². The number of rotatable bonds is 4. The van der Waals surface area contributed by atoms with Gasteiger partial charge < -0.3 is 9.47 Å². The Morgan fingerprint density at radius 1 is 0.850 bits per heavy atom. The van der Waals surface area contributed by atoms with Crippen LogP contribution in [0.15, 0.2) is 49.6 Å². The first kappa shape index (κ1) is 15.0. The smallest absolute Gasteiger partial charge is 0.346 e. The Hall–Kier alpha value is -3.02. The van der Waals surface area contributed by atoms with Crippen LogP contribution in [0.25, 0.3) is 0 Å². The van der Waals surface area contributed by atoms with Crippen LogP contribution in [0.4, 0.5) is 0 Å². The molecule has 0 heterocycles. The Balaban J connectivity index is 2.90. The minimum Gasteiger partial charge on any atom is -0.386 e. The van der Waals surface area contributed by atoms with E-state index in [0.29, 0.717) is 0 Å². The van der Waals surface area contributed by atoms with Crippen molar-refractivity contribution >= 4 is 23.9 Å². The second-order valence-electron chi connectivity index (χ2n) is 3.41. The summed E-state index contributed by atoms with van der Waals surface area (Å²) in [6.45, 7) is 6.29. The lowest BCUT2D eigenvalue weighted by Gasteiger charge is -2.03. The van der Waals surface area contributed by atoms with E-state index in [1.54, 1.807) is 0 Å². The van der Waals surface area contributed by atoms with Crippen LogP contribution >= 0.6 is 0 Å². The zero-order valence-corrected chi connectivity index (χ0v) is 10.3. The molecule has 0 aromatic heterocycles. The predicted molar refractivity (Wildman–Crippen MR) is 67.7 cm³/mol. The first-order valence-electron chi connectivity index (χ1n) is 5.35. The molecule has 0 amide bonds.